The molecule has 0 saturated carbocycles. The van der Waals surface area contributed by atoms with Crippen LogP contribution in [0, 0.1) is 5.82 Å². The largest absolute Gasteiger partial charge is 0.315 e. The summed E-state index contributed by atoms with van der Waals surface area (Å²) >= 11 is 0. The van der Waals surface area contributed by atoms with Crippen molar-refractivity contribution in [1.29, 1.82) is 0 Å². The molecule has 0 aliphatic carbocycles. The standard InChI is InChI=1S/C8H7FO.C6H14N2.CH4/c1-6(10)7-2-4-8(9)5-3-7;1-8(2)6-3-4-7-5-6;/h2-5H,1H3;6-7H,3-5H2,1-2H3;1H4/t;6-;/m.0./s1. The number of benzene rings is 1. The summed E-state index contributed by atoms with van der Waals surface area (Å²) in [6.07, 6.45) is 1.31. The van der Waals surface area contributed by atoms with E-state index in [9.17, 15) is 9.18 Å². The summed E-state index contributed by atoms with van der Waals surface area (Å²) in [6.45, 7) is 3.82. The number of halogens is 1. The quantitative estimate of drug-likeness (QED) is 0.837. The molecule has 3 nitrogen and oxygen atoms in total. The summed E-state index contributed by atoms with van der Waals surface area (Å²) in [7, 11) is 4.27. The van der Waals surface area contributed by atoms with Crippen molar-refractivity contribution < 1.29 is 9.18 Å². The summed E-state index contributed by atoms with van der Waals surface area (Å²) in [5, 5.41) is 3.31. The van der Waals surface area contributed by atoms with Gasteiger partial charge in [-0.3, -0.25) is 4.79 Å². The van der Waals surface area contributed by atoms with Gasteiger partial charge in [-0.15, -0.1) is 0 Å². The molecule has 1 heterocycles. The molecule has 0 unspecified atom stereocenters. The predicted octanol–water partition coefficient (Wildman–Crippen LogP) is 2.57. The van der Waals surface area contributed by atoms with E-state index < -0.39 is 0 Å². The van der Waals surface area contributed by atoms with Gasteiger partial charge in [0, 0.05) is 18.2 Å². The van der Waals surface area contributed by atoms with Crippen molar-refractivity contribution in [3.8, 4) is 0 Å². The molecule has 108 valence electrons. The van der Waals surface area contributed by atoms with Gasteiger partial charge < -0.3 is 10.2 Å². The van der Waals surface area contributed by atoms with Crippen LogP contribution in [0.15, 0.2) is 24.3 Å². The van der Waals surface area contributed by atoms with Gasteiger partial charge in [0.05, 0.1) is 0 Å². The van der Waals surface area contributed by atoms with E-state index in [1.807, 2.05) is 0 Å². The van der Waals surface area contributed by atoms with Crippen molar-refractivity contribution in [2.75, 3.05) is 27.2 Å². The second-order valence-electron chi connectivity index (χ2n) is 4.67. The molecule has 1 fully saturated rings. The predicted molar refractivity (Wildman–Crippen MR) is 78.1 cm³/mol. The van der Waals surface area contributed by atoms with Crippen molar-refractivity contribution in [2.45, 2.75) is 26.8 Å². The lowest BCUT2D eigenvalue weighted by Crippen LogP contribution is -2.29. The van der Waals surface area contributed by atoms with Crippen LogP contribution >= 0.6 is 0 Å². The molecule has 0 bridgehead atoms. The first-order chi connectivity index (χ1) is 8.50. The Morgan fingerprint density at radius 1 is 1.32 bits per heavy atom. The molecule has 4 heteroatoms. The van der Waals surface area contributed by atoms with Gasteiger partial charge in [-0.25, -0.2) is 4.39 Å². The minimum atomic E-state index is -0.315. The fraction of sp³-hybridized carbons (Fsp3) is 0.533. The van der Waals surface area contributed by atoms with Gasteiger partial charge in [-0.2, -0.15) is 0 Å². The molecule has 0 radical (unpaired) electrons. The zero-order valence-corrected chi connectivity index (χ0v) is 11.2. The highest BCUT2D eigenvalue weighted by Gasteiger charge is 2.14. The highest BCUT2D eigenvalue weighted by atomic mass is 19.1. The highest BCUT2D eigenvalue weighted by Crippen LogP contribution is 2.02. The molecule has 0 aromatic heterocycles. The molecular formula is C15H25FN2O. The Balaban J connectivity index is 0.000000331. The van der Waals surface area contributed by atoms with Crippen LogP contribution in [-0.4, -0.2) is 43.9 Å². The Morgan fingerprint density at radius 3 is 2.21 bits per heavy atom. The number of Topliss-reactive ketones (excluding diaryl/α,β-unsaturated/α-hetero) is 1. The maximum absolute atomic E-state index is 12.2. The van der Waals surface area contributed by atoms with Crippen LogP contribution in [0.1, 0.15) is 31.1 Å². The van der Waals surface area contributed by atoms with Crippen LogP contribution in [0.4, 0.5) is 4.39 Å². The summed E-state index contributed by atoms with van der Waals surface area (Å²) in [5.41, 5.74) is 0.543. The molecule has 1 saturated heterocycles. The number of likely N-dealkylation sites (N-methyl/N-ethyl adjacent to an activating group) is 1. The first kappa shape index (κ1) is 17.7. The van der Waals surface area contributed by atoms with Gasteiger partial charge in [0.1, 0.15) is 5.82 Å². The lowest BCUT2D eigenvalue weighted by molar-refractivity contribution is 0.101. The van der Waals surface area contributed by atoms with Crippen LogP contribution in [-0.2, 0) is 0 Å². The van der Waals surface area contributed by atoms with E-state index in [1.54, 1.807) is 0 Å². The van der Waals surface area contributed by atoms with E-state index in [1.165, 1.54) is 50.7 Å². The lowest BCUT2D eigenvalue weighted by atomic mass is 10.1. The Kier molecular flexibility index (Phi) is 8.19. The number of rotatable bonds is 2. The van der Waals surface area contributed by atoms with E-state index in [-0.39, 0.29) is 19.0 Å². The molecule has 1 N–H and O–H groups in total. The fourth-order valence-electron chi connectivity index (χ4n) is 1.76. The summed E-state index contributed by atoms with van der Waals surface area (Å²) < 4.78 is 12.2. The van der Waals surface area contributed by atoms with Crippen molar-refractivity contribution >= 4 is 5.78 Å². The molecule has 0 amide bonds. The summed E-state index contributed by atoms with van der Waals surface area (Å²) in [6, 6.07) is 6.28. The Morgan fingerprint density at radius 2 is 1.89 bits per heavy atom. The topological polar surface area (TPSA) is 32.3 Å². The first-order valence-electron chi connectivity index (χ1n) is 6.14. The second kappa shape index (κ2) is 8.77. The minimum absolute atomic E-state index is 0. The molecule has 1 aromatic rings. The summed E-state index contributed by atoms with van der Waals surface area (Å²) in [4.78, 5) is 12.9. The van der Waals surface area contributed by atoms with Crippen LogP contribution in [0.5, 0.6) is 0 Å². The molecule has 1 atom stereocenters. The number of carbonyl (C=O) groups is 1. The van der Waals surface area contributed by atoms with E-state index in [2.05, 4.69) is 24.3 Å². The molecule has 2 rings (SSSR count). The molecule has 19 heavy (non-hydrogen) atoms. The maximum Gasteiger partial charge on any atom is 0.159 e. The monoisotopic (exact) mass is 268 g/mol. The van der Waals surface area contributed by atoms with Crippen molar-refractivity contribution in [1.82, 2.24) is 10.2 Å². The van der Waals surface area contributed by atoms with Gasteiger partial charge in [0.25, 0.3) is 0 Å². The SMILES string of the molecule is C.CC(=O)c1ccc(F)cc1.CN(C)[C@H]1CCNC1. The number of hydrogen-bond acceptors (Lipinski definition) is 3. The number of ketones is 1. The summed E-state index contributed by atoms with van der Waals surface area (Å²) in [5.74, 6) is -0.356. The minimum Gasteiger partial charge on any atom is -0.315 e. The van der Waals surface area contributed by atoms with E-state index in [4.69, 9.17) is 0 Å². The normalized spacial score (nSPS) is 17.4. The van der Waals surface area contributed by atoms with Gasteiger partial charge >= 0.3 is 0 Å². The Hall–Kier alpha value is -1.26. The van der Waals surface area contributed by atoms with Gasteiger partial charge in [-0.1, -0.05) is 7.43 Å². The van der Waals surface area contributed by atoms with E-state index in [0.29, 0.717) is 5.56 Å². The third kappa shape index (κ3) is 6.45. The third-order valence-electron chi connectivity index (χ3n) is 3.02. The number of carbonyl (C=O) groups excluding carboxylic acids is 1. The zero-order chi connectivity index (χ0) is 13.5. The average molecular weight is 268 g/mol. The van der Waals surface area contributed by atoms with Gasteiger partial charge in [0.15, 0.2) is 5.78 Å². The van der Waals surface area contributed by atoms with Crippen LogP contribution in [0.25, 0.3) is 0 Å². The molecular weight excluding hydrogens is 243 g/mol. The Bertz CT molecular complexity index is 370. The number of nitrogens with one attached hydrogen (secondary N) is 1. The van der Waals surface area contributed by atoms with Crippen LogP contribution in [0.3, 0.4) is 0 Å². The smallest absolute Gasteiger partial charge is 0.159 e. The zero-order valence-electron chi connectivity index (χ0n) is 11.2. The Labute approximate surface area is 115 Å². The molecule has 1 aliphatic heterocycles. The van der Waals surface area contributed by atoms with Crippen LogP contribution in [0.2, 0.25) is 0 Å². The van der Waals surface area contributed by atoms with Crippen LogP contribution < -0.4 is 5.32 Å². The van der Waals surface area contributed by atoms with Gasteiger partial charge in [0.2, 0.25) is 0 Å². The van der Waals surface area contributed by atoms with Crippen molar-refractivity contribution in [3.05, 3.63) is 35.6 Å². The molecule has 1 aromatic carbocycles. The second-order valence-corrected chi connectivity index (χ2v) is 4.67. The molecule has 1 aliphatic rings. The third-order valence-corrected chi connectivity index (χ3v) is 3.02. The first-order valence-corrected chi connectivity index (χ1v) is 6.14. The van der Waals surface area contributed by atoms with Crippen molar-refractivity contribution in [3.63, 3.8) is 0 Å². The number of nitrogens with zero attached hydrogens (tertiary/aromatic N) is 1. The highest BCUT2D eigenvalue weighted by molar-refractivity contribution is 5.93. The molecule has 0 spiro atoms. The van der Waals surface area contributed by atoms with E-state index in [0.717, 1.165) is 6.04 Å². The lowest BCUT2D eigenvalue weighted by Gasteiger charge is -2.16. The van der Waals surface area contributed by atoms with E-state index >= 15 is 0 Å². The maximum atomic E-state index is 12.2. The van der Waals surface area contributed by atoms with Crippen molar-refractivity contribution in [2.24, 2.45) is 0 Å². The fourth-order valence-corrected chi connectivity index (χ4v) is 1.76. The number of hydrogen-bond donors (Lipinski definition) is 1. The average Bonchev–Trinajstić information content (AvgIpc) is 2.84. The van der Waals surface area contributed by atoms with Gasteiger partial charge in [-0.05, 0) is 58.3 Å².